The van der Waals surface area contributed by atoms with Crippen LogP contribution >= 0.6 is 0 Å². The van der Waals surface area contributed by atoms with Gasteiger partial charge in [0.15, 0.2) is 0 Å². The summed E-state index contributed by atoms with van der Waals surface area (Å²) in [6.45, 7) is 2.08. The number of benzene rings is 1. The summed E-state index contributed by atoms with van der Waals surface area (Å²) in [7, 11) is 0. The molecular weight excluding hydrogens is 204 g/mol. The summed E-state index contributed by atoms with van der Waals surface area (Å²) in [5.41, 5.74) is 1.75. The van der Waals surface area contributed by atoms with E-state index in [-0.39, 0.29) is 6.61 Å². The van der Waals surface area contributed by atoms with Crippen LogP contribution in [0.3, 0.4) is 0 Å². The molecule has 0 aliphatic carbocycles. The van der Waals surface area contributed by atoms with Gasteiger partial charge in [-0.05, 0) is 18.6 Å². The molecule has 1 heterocycles. The van der Waals surface area contributed by atoms with Gasteiger partial charge in [-0.3, -0.25) is 0 Å². The van der Waals surface area contributed by atoms with Gasteiger partial charge in [0.25, 0.3) is 0 Å². The van der Waals surface area contributed by atoms with Crippen LogP contribution in [0.15, 0.2) is 42.6 Å². The van der Waals surface area contributed by atoms with Gasteiger partial charge in [0.2, 0.25) is 0 Å². The monoisotopic (exact) mass is 216 g/mol. The maximum absolute atomic E-state index is 11.5. The minimum Gasteiger partial charge on any atom is -0.443 e. The van der Waals surface area contributed by atoms with E-state index in [0.717, 1.165) is 11.3 Å². The van der Waals surface area contributed by atoms with Crippen molar-refractivity contribution in [2.45, 2.75) is 13.5 Å². The quantitative estimate of drug-likeness (QED) is 0.774. The Kier molecular flexibility index (Phi) is 3.00. The Balaban J connectivity index is 1.94. The molecule has 0 aliphatic rings. The van der Waals surface area contributed by atoms with E-state index in [1.165, 1.54) is 4.68 Å². The lowest BCUT2D eigenvalue weighted by Gasteiger charge is -2.03. The summed E-state index contributed by atoms with van der Waals surface area (Å²) >= 11 is 0. The fourth-order valence-corrected chi connectivity index (χ4v) is 1.30. The van der Waals surface area contributed by atoms with Gasteiger partial charge < -0.3 is 4.74 Å². The predicted octanol–water partition coefficient (Wildman–Crippen LogP) is 2.38. The normalized spacial score (nSPS) is 10.1. The molecule has 0 spiro atoms. The van der Waals surface area contributed by atoms with Crippen LogP contribution < -0.4 is 0 Å². The van der Waals surface area contributed by atoms with Crippen molar-refractivity contribution in [1.29, 1.82) is 0 Å². The lowest BCUT2D eigenvalue weighted by Crippen LogP contribution is -2.14. The zero-order valence-corrected chi connectivity index (χ0v) is 8.96. The molecule has 0 radical (unpaired) electrons. The van der Waals surface area contributed by atoms with Gasteiger partial charge in [-0.2, -0.15) is 9.78 Å². The highest BCUT2D eigenvalue weighted by Gasteiger charge is 2.06. The van der Waals surface area contributed by atoms with Gasteiger partial charge in [-0.1, -0.05) is 30.3 Å². The topological polar surface area (TPSA) is 44.1 Å². The Labute approximate surface area is 93.5 Å². The smallest absolute Gasteiger partial charge is 0.435 e. The summed E-state index contributed by atoms with van der Waals surface area (Å²) in [5.74, 6) is 0. The molecular formula is C12H12N2O2. The first-order valence-electron chi connectivity index (χ1n) is 4.99. The van der Waals surface area contributed by atoms with Crippen molar-refractivity contribution in [3.63, 3.8) is 0 Å². The van der Waals surface area contributed by atoms with E-state index in [2.05, 4.69) is 5.10 Å². The number of nitrogens with zero attached hydrogens (tertiary/aromatic N) is 2. The Morgan fingerprint density at radius 2 is 2.06 bits per heavy atom. The molecule has 2 rings (SSSR count). The third-order valence-electron chi connectivity index (χ3n) is 2.11. The Morgan fingerprint density at radius 3 is 2.69 bits per heavy atom. The Morgan fingerprint density at radius 1 is 1.31 bits per heavy atom. The van der Waals surface area contributed by atoms with Crippen molar-refractivity contribution in [3.05, 3.63) is 53.9 Å². The lowest BCUT2D eigenvalue weighted by atomic mass is 10.2. The van der Waals surface area contributed by atoms with Gasteiger partial charge in [0.1, 0.15) is 6.61 Å². The Hall–Kier alpha value is -2.10. The fourth-order valence-electron chi connectivity index (χ4n) is 1.30. The van der Waals surface area contributed by atoms with E-state index in [4.69, 9.17) is 4.74 Å². The molecule has 1 aromatic carbocycles. The van der Waals surface area contributed by atoms with Gasteiger partial charge in [-0.25, -0.2) is 4.79 Å². The highest BCUT2D eigenvalue weighted by atomic mass is 16.6. The van der Waals surface area contributed by atoms with Crippen molar-refractivity contribution in [1.82, 2.24) is 9.78 Å². The van der Waals surface area contributed by atoms with Crippen LogP contribution in [0, 0.1) is 6.92 Å². The highest BCUT2D eigenvalue weighted by Crippen LogP contribution is 2.02. The summed E-state index contributed by atoms with van der Waals surface area (Å²) in [6.07, 6.45) is 1.12. The second kappa shape index (κ2) is 4.61. The van der Waals surface area contributed by atoms with Crippen molar-refractivity contribution in [2.24, 2.45) is 0 Å². The van der Waals surface area contributed by atoms with Crippen LogP contribution in [0.2, 0.25) is 0 Å². The van der Waals surface area contributed by atoms with E-state index in [9.17, 15) is 4.79 Å². The van der Waals surface area contributed by atoms with E-state index in [1.54, 1.807) is 12.3 Å². The summed E-state index contributed by atoms with van der Waals surface area (Å²) in [4.78, 5) is 11.5. The molecule has 0 saturated heterocycles. The minimum absolute atomic E-state index is 0.262. The van der Waals surface area contributed by atoms with Crippen LogP contribution in [0.5, 0.6) is 0 Å². The SMILES string of the molecule is Cc1ccn(C(=O)OCc2ccccc2)n1. The number of carbonyl (C=O) groups is 1. The second-order valence-corrected chi connectivity index (χ2v) is 3.44. The Bertz CT molecular complexity index is 477. The molecule has 0 aliphatic heterocycles. The third kappa shape index (κ3) is 2.48. The zero-order valence-electron chi connectivity index (χ0n) is 8.96. The van der Waals surface area contributed by atoms with E-state index in [0.29, 0.717) is 0 Å². The van der Waals surface area contributed by atoms with E-state index in [1.807, 2.05) is 37.3 Å². The first kappa shape index (κ1) is 10.4. The summed E-state index contributed by atoms with van der Waals surface area (Å²) in [5, 5.41) is 3.97. The minimum atomic E-state index is -0.461. The third-order valence-corrected chi connectivity index (χ3v) is 2.11. The first-order valence-corrected chi connectivity index (χ1v) is 4.99. The van der Waals surface area contributed by atoms with Crippen molar-refractivity contribution < 1.29 is 9.53 Å². The second-order valence-electron chi connectivity index (χ2n) is 3.44. The molecule has 82 valence electrons. The molecule has 0 N–H and O–H groups in total. The molecule has 16 heavy (non-hydrogen) atoms. The predicted molar refractivity (Wildman–Crippen MR) is 59.0 cm³/mol. The number of hydrogen-bond donors (Lipinski definition) is 0. The molecule has 4 nitrogen and oxygen atoms in total. The molecule has 0 saturated carbocycles. The van der Waals surface area contributed by atoms with E-state index < -0.39 is 6.09 Å². The molecule has 1 aromatic heterocycles. The summed E-state index contributed by atoms with van der Waals surface area (Å²) in [6, 6.07) is 11.3. The van der Waals surface area contributed by atoms with Crippen molar-refractivity contribution in [2.75, 3.05) is 0 Å². The number of rotatable bonds is 2. The van der Waals surface area contributed by atoms with Crippen LogP contribution in [0.1, 0.15) is 11.3 Å². The van der Waals surface area contributed by atoms with Gasteiger partial charge in [-0.15, -0.1) is 0 Å². The molecule has 0 fully saturated rings. The standard InChI is InChI=1S/C12H12N2O2/c1-10-7-8-14(13-10)12(15)16-9-11-5-3-2-4-6-11/h2-8H,9H2,1H3. The maximum atomic E-state index is 11.5. The highest BCUT2D eigenvalue weighted by molar-refractivity contribution is 5.69. The molecule has 2 aromatic rings. The lowest BCUT2D eigenvalue weighted by molar-refractivity contribution is 0.137. The summed E-state index contributed by atoms with van der Waals surface area (Å²) < 4.78 is 6.28. The first-order chi connectivity index (χ1) is 7.75. The molecule has 0 bridgehead atoms. The van der Waals surface area contributed by atoms with Crippen molar-refractivity contribution >= 4 is 6.09 Å². The number of aryl methyl sites for hydroxylation is 1. The molecule has 0 atom stereocenters. The fraction of sp³-hybridized carbons (Fsp3) is 0.167. The largest absolute Gasteiger partial charge is 0.443 e. The number of ether oxygens (including phenoxy) is 1. The molecule has 0 amide bonds. The van der Waals surface area contributed by atoms with Crippen LogP contribution in [0.4, 0.5) is 4.79 Å². The van der Waals surface area contributed by atoms with Crippen LogP contribution in [-0.4, -0.2) is 15.9 Å². The zero-order chi connectivity index (χ0) is 11.4. The van der Waals surface area contributed by atoms with Crippen molar-refractivity contribution in [3.8, 4) is 0 Å². The number of carbonyl (C=O) groups excluding carboxylic acids is 1. The average molecular weight is 216 g/mol. The van der Waals surface area contributed by atoms with Gasteiger partial charge in [0, 0.05) is 6.20 Å². The van der Waals surface area contributed by atoms with Crippen LogP contribution in [0.25, 0.3) is 0 Å². The maximum Gasteiger partial charge on any atom is 0.435 e. The number of hydrogen-bond acceptors (Lipinski definition) is 3. The van der Waals surface area contributed by atoms with Crippen LogP contribution in [-0.2, 0) is 11.3 Å². The van der Waals surface area contributed by atoms with Gasteiger partial charge >= 0.3 is 6.09 Å². The molecule has 4 heteroatoms. The average Bonchev–Trinajstić information content (AvgIpc) is 2.74. The number of aromatic nitrogens is 2. The van der Waals surface area contributed by atoms with Gasteiger partial charge in [0.05, 0.1) is 5.69 Å². The van der Waals surface area contributed by atoms with E-state index >= 15 is 0 Å². The molecule has 0 unspecified atom stereocenters.